The molecule has 0 radical (unpaired) electrons. The van der Waals surface area contributed by atoms with Crippen LogP contribution in [0, 0.1) is 0 Å². The van der Waals surface area contributed by atoms with Gasteiger partial charge in [-0.2, -0.15) is 0 Å². The highest BCUT2D eigenvalue weighted by Gasteiger charge is 2.57. The van der Waals surface area contributed by atoms with E-state index in [1.165, 1.54) is 178 Å². The van der Waals surface area contributed by atoms with E-state index in [0.29, 0.717) is 0 Å². The lowest BCUT2D eigenvalue weighted by Gasteiger charge is -2.34. The summed E-state index contributed by atoms with van der Waals surface area (Å²) in [5.41, 5.74) is 47.0. The van der Waals surface area contributed by atoms with E-state index in [-0.39, 0.29) is 21.7 Å². The molecule has 0 bridgehead atoms. The SMILES string of the molecule is CC1(C)c2ccccc2-c2ccc(N(c3ccc4c(c3)C(C)(C)c3ccccc3-4)c3ccc4c(c3)C3(c5ccccc5-c5ccccc53)c3cc5c(cc3-4)C3(c4ccccc4-c4ccccc43)c3cc(N(c4ccc6c(c4)C(C)(C)c4ccccc4-6)c4ccc6c(c4)C(C)(C)c4ccccc4-6)ccc3-5)cc21. The lowest BCUT2D eigenvalue weighted by atomic mass is 9.68. The molecule has 23 rings (SSSR count). The minimum Gasteiger partial charge on any atom is -0.310 e. The van der Waals surface area contributed by atoms with Crippen molar-refractivity contribution in [1.29, 1.82) is 0 Å². The molecule has 2 nitrogen and oxygen atoms in total. The van der Waals surface area contributed by atoms with Crippen LogP contribution in [0.15, 0.2) is 315 Å². The summed E-state index contributed by atoms with van der Waals surface area (Å²) in [5.74, 6) is 0. The Morgan fingerprint density at radius 1 is 0.142 bits per heavy atom. The molecule has 0 fully saturated rings. The maximum Gasteiger partial charge on any atom is 0.0726 e. The average Bonchev–Trinajstić information content (AvgIpc) is 1.48. The molecule has 15 aromatic rings. The molecule has 0 unspecified atom stereocenters. The summed E-state index contributed by atoms with van der Waals surface area (Å²) < 4.78 is 0. The van der Waals surface area contributed by atoms with E-state index in [4.69, 9.17) is 0 Å². The number of fused-ring (bicyclic) bond motifs is 32. The van der Waals surface area contributed by atoms with Gasteiger partial charge in [0.05, 0.1) is 10.8 Å². The normalized spacial score (nSPS) is 16.4. The van der Waals surface area contributed by atoms with Crippen molar-refractivity contribution in [3.8, 4) is 89.0 Å². The van der Waals surface area contributed by atoms with Crippen molar-refractivity contribution >= 4 is 34.1 Å². The third kappa shape index (κ3) is 7.33. The molecule has 0 atom stereocenters. The Morgan fingerprint density at radius 3 is 0.528 bits per heavy atom. The van der Waals surface area contributed by atoms with Gasteiger partial charge in [0, 0.05) is 55.8 Å². The fourth-order valence-corrected chi connectivity index (χ4v) is 22.2. The first-order chi connectivity index (χ1) is 51.6. The summed E-state index contributed by atoms with van der Waals surface area (Å²) in [6.07, 6.45) is 0. The second-order valence-electron chi connectivity index (χ2n) is 33.4. The molecule has 8 aliphatic carbocycles. The summed E-state index contributed by atoms with van der Waals surface area (Å²) in [6, 6.07) is 123. The van der Waals surface area contributed by atoms with Gasteiger partial charge in [-0.3, -0.25) is 0 Å². The van der Waals surface area contributed by atoms with Crippen molar-refractivity contribution in [3.63, 3.8) is 0 Å². The number of anilines is 6. The Morgan fingerprint density at radius 2 is 0.302 bits per heavy atom. The predicted octanol–water partition coefficient (Wildman–Crippen LogP) is 26.5. The Balaban J connectivity index is 0.769. The Hall–Kier alpha value is -12.1. The molecule has 0 aliphatic heterocycles. The van der Waals surface area contributed by atoms with Crippen molar-refractivity contribution in [2.24, 2.45) is 0 Å². The molecule has 0 aromatic heterocycles. The molecule has 15 aromatic carbocycles. The standard InChI is InChI=1S/C104H76N2/c1-99(2)83-33-17-9-25-67(83)75-47-41-61(53-91(75)99)105(62-42-48-76-68-26-10-18-34-84(68)100(3,4)92(76)54-62)65-45-51-79-81-59-98-82(60-97(81)103(95(79)57-65)87-37-21-13-29-71(87)72-30-14-22-38-88(72)103)80-52-46-66(58-96(80)104(98)89-39-23-15-31-73(89)74-32-16-24-40-90(74)104)106(63-43-49-77-69-27-11-19-35-85(69)101(5,6)93(77)55-63)64-44-50-78-70-28-12-20-36-86(70)102(7,8)94(78)56-64/h9-60H,1-8H3. The van der Waals surface area contributed by atoms with Crippen molar-refractivity contribution in [3.05, 3.63) is 404 Å². The fourth-order valence-electron chi connectivity index (χ4n) is 22.2. The van der Waals surface area contributed by atoms with E-state index in [1.807, 2.05) is 0 Å². The molecule has 0 amide bonds. The summed E-state index contributed by atoms with van der Waals surface area (Å²) >= 11 is 0. The second-order valence-corrected chi connectivity index (χ2v) is 33.4. The van der Waals surface area contributed by atoms with Gasteiger partial charge in [-0.05, 0) is 263 Å². The van der Waals surface area contributed by atoms with Crippen LogP contribution in [-0.4, -0.2) is 0 Å². The van der Waals surface area contributed by atoms with Gasteiger partial charge in [0.15, 0.2) is 0 Å². The zero-order valence-corrected chi connectivity index (χ0v) is 60.9. The number of rotatable bonds is 6. The minimum absolute atomic E-state index is 0.200. The monoisotopic (exact) mass is 1350 g/mol. The number of hydrogen-bond donors (Lipinski definition) is 0. The number of nitrogens with zero attached hydrogens (tertiary/aromatic N) is 2. The lowest BCUT2D eigenvalue weighted by Crippen LogP contribution is -2.27. The zero-order chi connectivity index (χ0) is 70.9. The third-order valence-electron chi connectivity index (χ3n) is 27.1. The van der Waals surface area contributed by atoms with E-state index in [1.54, 1.807) is 0 Å². The number of benzene rings is 15. The van der Waals surface area contributed by atoms with Crippen LogP contribution >= 0.6 is 0 Å². The summed E-state index contributed by atoms with van der Waals surface area (Å²) in [6.45, 7) is 19.3. The zero-order valence-electron chi connectivity index (χ0n) is 60.9. The molecular formula is C104H76N2. The van der Waals surface area contributed by atoms with Crippen LogP contribution in [-0.2, 0) is 32.5 Å². The van der Waals surface area contributed by atoms with Crippen molar-refractivity contribution in [2.75, 3.05) is 9.80 Å². The first-order valence-electron chi connectivity index (χ1n) is 38.0. The van der Waals surface area contributed by atoms with Crippen molar-refractivity contribution < 1.29 is 0 Å². The van der Waals surface area contributed by atoms with Gasteiger partial charge >= 0.3 is 0 Å². The molecule has 0 saturated carbocycles. The molecule has 502 valence electrons. The van der Waals surface area contributed by atoms with E-state index in [2.05, 4.69) is 381 Å². The van der Waals surface area contributed by atoms with Gasteiger partial charge in [0.25, 0.3) is 0 Å². The highest BCUT2D eigenvalue weighted by atomic mass is 15.1. The number of hydrogen-bond acceptors (Lipinski definition) is 2. The average molecular weight is 1350 g/mol. The molecule has 2 spiro atoms. The van der Waals surface area contributed by atoms with Gasteiger partial charge in [-0.15, -0.1) is 0 Å². The molecule has 0 saturated heterocycles. The van der Waals surface area contributed by atoms with Crippen molar-refractivity contribution in [2.45, 2.75) is 87.9 Å². The van der Waals surface area contributed by atoms with Crippen LogP contribution in [0.1, 0.15) is 144 Å². The molecular weight excluding hydrogens is 1280 g/mol. The molecule has 106 heavy (non-hydrogen) atoms. The van der Waals surface area contributed by atoms with E-state index in [9.17, 15) is 0 Å². The predicted molar refractivity (Wildman–Crippen MR) is 439 cm³/mol. The van der Waals surface area contributed by atoms with Crippen LogP contribution in [0.25, 0.3) is 89.0 Å². The first-order valence-corrected chi connectivity index (χ1v) is 38.0. The van der Waals surface area contributed by atoms with Crippen LogP contribution in [0.2, 0.25) is 0 Å². The van der Waals surface area contributed by atoms with Gasteiger partial charge in [-0.25, -0.2) is 0 Å². The van der Waals surface area contributed by atoms with Crippen molar-refractivity contribution in [1.82, 2.24) is 0 Å². The smallest absolute Gasteiger partial charge is 0.0726 e. The van der Waals surface area contributed by atoms with Crippen LogP contribution in [0.4, 0.5) is 34.1 Å². The molecule has 0 N–H and O–H groups in total. The first kappa shape index (κ1) is 60.3. The van der Waals surface area contributed by atoms with E-state index < -0.39 is 10.8 Å². The molecule has 8 aliphatic rings. The van der Waals surface area contributed by atoms with E-state index >= 15 is 0 Å². The molecule has 2 heteroatoms. The summed E-state index contributed by atoms with van der Waals surface area (Å²) in [7, 11) is 0. The highest BCUT2D eigenvalue weighted by Crippen LogP contribution is 2.70. The maximum atomic E-state index is 2.69. The quantitative estimate of drug-likeness (QED) is 0.164. The van der Waals surface area contributed by atoms with Gasteiger partial charge in [0.1, 0.15) is 0 Å². The van der Waals surface area contributed by atoms with Gasteiger partial charge < -0.3 is 9.80 Å². The third-order valence-corrected chi connectivity index (χ3v) is 27.1. The Kier molecular flexibility index (Phi) is 11.6. The highest BCUT2D eigenvalue weighted by molar-refractivity contribution is 6.04. The van der Waals surface area contributed by atoms with Gasteiger partial charge in [-0.1, -0.05) is 286 Å². The summed E-state index contributed by atoms with van der Waals surface area (Å²) in [4.78, 5) is 5.18. The van der Waals surface area contributed by atoms with Crippen LogP contribution in [0.3, 0.4) is 0 Å². The summed E-state index contributed by atoms with van der Waals surface area (Å²) in [5, 5.41) is 0. The lowest BCUT2D eigenvalue weighted by molar-refractivity contribution is 0.659. The van der Waals surface area contributed by atoms with Crippen LogP contribution < -0.4 is 9.80 Å². The molecule has 0 heterocycles. The Bertz CT molecular complexity index is 5800. The topological polar surface area (TPSA) is 6.48 Å². The van der Waals surface area contributed by atoms with E-state index in [0.717, 1.165) is 34.1 Å². The Labute approximate surface area is 621 Å². The second kappa shape index (κ2) is 20.4. The fraction of sp³-hybridized carbons (Fsp3) is 0.135. The minimum atomic E-state index is -0.683. The van der Waals surface area contributed by atoms with Gasteiger partial charge in [0.2, 0.25) is 0 Å². The largest absolute Gasteiger partial charge is 0.310 e. The maximum absolute atomic E-state index is 2.69. The van der Waals surface area contributed by atoms with Crippen LogP contribution in [0.5, 0.6) is 0 Å².